The molecule has 0 bridgehead atoms. The van der Waals surface area contributed by atoms with E-state index in [1.54, 1.807) is 29.4 Å². The van der Waals surface area contributed by atoms with Crippen molar-refractivity contribution in [3.05, 3.63) is 91.0 Å². The van der Waals surface area contributed by atoms with Crippen LogP contribution in [-0.2, 0) is 0 Å². The number of benzene rings is 3. The quantitative estimate of drug-likeness (QED) is 0.140. The molecule has 0 saturated heterocycles. The summed E-state index contributed by atoms with van der Waals surface area (Å²) in [5, 5.41) is 0. The van der Waals surface area contributed by atoms with Crippen LogP contribution in [-0.4, -0.2) is 99.7 Å². The lowest BCUT2D eigenvalue weighted by Crippen LogP contribution is -3.08. The monoisotopic (exact) mass is 715 g/mol. The van der Waals surface area contributed by atoms with Crippen molar-refractivity contribution in [3.8, 4) is 0 Å². The highest BCUT2D eigenvalue weighted by Gasteiger charge is 2.05. The summed E-state index contributed by atoms with van der Waals surface area (Å²) in [6.07, 6.45) is 0. The Kier molecular flexibility index (Phi) is 40.0. The minimum atomic E-state index is 1.17. The van der Waals surface area contributed by atoms with Crippen LogP contribution in [0.2, 0.25) is 0 Å². The van der Waals surface area contributed by atoms with Gasteiger partial charge in [-0.15, -0.1) is 0 Å². The molecule has 0 atom stereocenters. The third-order valence-corrected chi connectivity index (χ3v) is 9.73. The first-order valence-electron chi connectivity index (χ1n) is 20.7. The molecule has 0 saturated carbocycles. The van der Waals surface area contributed by atoms with Gasteiger partial charge in [0.15, 0.2) is 0 Å². The second-order valence-electron chi connectivity index (χ2n) is 13.0. The normalized spacial score (nSPS) is 10.3. The zero-order valence-corrected chi connectivity index (χ0v) is 36.6. The summed E-state index contributed by atoms with van der Waals surface area (Å²) in [6, 6.07) is 31.9. The number of hydrogen-bond acceptors (Lipinski definition) is 0. The smallest absolute Gasteiger partial charge is 0.131 e. The standard InChI is InChI=1S/3C10H15N.3C5H13N/c3*1-3-11(4-2)10-8-6-5-7-9-10;3*1-4-6(3)5-2/h3*5-9H,3-4H2,1-2H3;3*4-5H2,1-3H3/p+6. The summed E-state index contributed by atoms with van der Waals surface area (Å²) in [5.41, 5.74) is 4.20. The molecule has 0 aliphatic carbocycles. The van der Waals surface area contributed by atoms with E-state index in [-0.39, 0.29) is 0 Å². The largest absolute Gasteiger partial charge is 0.338 e. The van der Waals surface area contributed by atoms with E-state index in [1.165, 1.54) is 95.6 Å². The SMILES string of the molecule is CC[NH+](C)CC.CC[NH+](C)CC.CC[NH+](C)CC.CC[NH+](CC)c1ccccc1.CC[NH+](CC)c1ccccc1.CC[NH+](CC)c1ccccc1. The van der Waals surface area contributed by atoms with Gasteiger partial charge in [0.05, 0.1) is 99.7 Å². The van der Waals surface area contributed by atoms with Gasteiger partial charge in [0, 0.05) is 0 Å². The topological polar surface area (TPSA) is 26.6 Å². The Labute approximate surface area is 319 Å². The highest BCUT2D eigenvalue weighted by Crippen LogP contribution is 1.99. The average molecular weight is 715 g/mol. The van der Waals surface area contributed by atoms with E-state index in [2.05, 4.69) is 195 Å². The van der Waals surface area contributed by atoms with Gasteiger partial charge in [-0.2, -0.15) is 0 Å². The third-order valence-electron chi connectivity index (χ3n) is 9.73. The summed E-state index contributed by atoms with van der Waals surface area (Å²) < 4.78 is 0. The van der Waals surface area contributed by atoms with Crippen molar-refractivity contribution in [2.45, 2.75) is 83.1 Å². The van der Waals surface area contributed by atoms with Gasteiger partial charge in [0.1, 0.15) is 17.1 Å². The fraction of sp³-hybridized carbons (Fsp3) is 0.600. The second-order valence-corrected chi connectivity index (χ2v) is 13.0. The number of nitrogens with one attached hydrogen (secondary N) is 6. The Morgan fingerprint density at radius 1 is 0.255 bits per heavy atom. The molecule has 0 radical (unpaired) electrons. The summed E-state index contributed by atoms with van der Waals surface area (Å²) in [5.74, 6) is 0. The Morgan fingerprint density at radius 2 is 0.412 bits per heavy atom. The molecule has 0 spiro atoms. The predicted octanol–water partition coefficient (Wildman–Crippen LogP) is 2.35. The number of rotatable bonds is 15. The van der Waals surface area contributed by atoms with Crippen molar-refractivity contribution in [3.63, 3.8) is 0 Å². The zero-order chi connectivity index (χ0) is 39.3. The summed E-state index contributed by atoms with van der Waals surface area (Å²) in [7, 11) is 6.58. The molecule has 0 aliphatic rings. The molecule has 0 heterocycles. The van der Waals surface area contributed by atoms with Crippen LogP contribution in [0.15, 0.2) is 91.0 Å². The van der Waals surface area contributed by atoms with E-state index in [4.69, 9.17) is 0 Å². The number of para-hydroxylation sites is 3. The van der Waals surface area contributed by atoms with Crippen molar-refractivity contribution < 1.29 is 29.4 Å². The van der Waals surface area contributed by atoms with Crippen molar-refractivity contribution in [1.29, 1.82) is 0 Å². The maximum atomic E-state index is 2.21. The van der Waals surface area contributed by atoms with Crippen molar-refractivity contribution in [2.75, 3.05) is 99.7 Å². The molecule has 0 fully saturated rings. The summed E-state index contributed by atoms with van der Waals surface area (Å²) in [6.45, 7) is 40.9. The van der Waals surface area contributed by atoms with E-state index in [9.17, 15) is 0 Å². The minimum Gasteiger partial charge on any atom is -0.338 e. The molecule has 3 rings (SSSR count). The molecule has 294 valence electrons. The van der Waals surface area contributed by atoms with Gasteiger partial charge in [-0.3, -0.25) is 0 Å². The van der Waals surface area contributed by atoms with E-state index < -0.39 is 0 Å². The molecule has 6 N–H and O–H groups in total. The molecule has 0 unspecified atom stereocenters. The van der Waals surface area contributed by atoms with Gasteiger partial charge in [0.2, 0.25) is 0 Å². The van der Waals surface area contributed by atoms with Crippen LogP contribution in [0.1, 0.15) is 83.1 Å². The van der Waals surface area contributed by atoms with Crippen LogP contribution in [0.3, 0.4) is 0 Å². The molecular weight excluding hydrogens is 625 g/mol. The molecule has 0 aromatic heterocycles. The maximum absolute atomic E-state index is 2.21. The van der Waals surface area contributed by atoms with Crippen molar-refractivity contribution >= 4 is 17.1 Å². The average Bonchev–Trinajstić information content (AvgIpc) is 3.20. The van der Waals surface area contributed by atoms with E-state index in [1.807, 2.05) is 0 Å². The van der Waals surface area contributed by atoms with E-state index in [0.717, 1.165) is 0 Å². The fourth-order valence-electron chi connectivity index (χ4n) is 4.75. The minimum absolute atomic E-state index is 1.17. The second kappa shape index (κ2) is 38.6. The Bertz CT molecular complexity index is 889. The van der Waals surface area contributed by atoms with Gasteiger partial charge in [0.25, 0.3) is 0 Å². The van der Waals surface area contributed by atoms with Gasteiger partial charge >= 0.3 is 0 Å². The van der Waals surface area contributed by atoms with Crippen LogP contribution in [0.5, 0.6) is 0 Å². The number of hydrogen-bond donors (Lipinski definition) is 6. The van der Waals surface area contributed by atoms with Crippen LogP contribution >= 0.6 is 0 Å². The number of quaternary nitrogens is 6. The van der Waals surface area contributed by atoms with Gasteiger partial charge in [-0.05, 0) is 119 Å². The summed E-state index contributed by atoms with van der Waals surface area (Å²) >= 11 is 0. The first kappa shape index (κ1) is 52.8. The highest BCUT2D eigenvalue weighted by atomic mass is 15.1. The van der Waals surface area contributed by atoms with Gasteiger partial charge in [-0.1, -0.05) is 54.6 Å². The van der Waals surface area contributed by atoms with Crippen molar-refractivity contribution in [2.24, 2.45) is 0 Å². The molecule has 3 aromatic rings. The molecule has 6 heteroatoms. The molecular formula is C45H90N6+6. The molecule has 6 nitrogen and oxygen atoms in total. The molecule has 0 aliphatic heterocycles. The van der Waals surface area contributed by atoms with Gasteiger partial charge in [-0.25, -0.2) is 0 Å². The fourth-order valence-corrected chi connectivity index (χ4v) is 4.75. The molecule has 0 amide bonds. The zero-order valence-electron chi connectivity index (χ0n) is 36.6. The lowest BCUT2D eigenvalue weighted by molar-refractivity contribution is -0.875. The first-order valence-corrected chi connectivity index (χ1v) is 20.7. The Hall–Kier alpha value is -2.58. The third kappa shape index (κ3) is 29.7. The Balaban J connectivity index is -0.000000556. The Morgan fingerprint density at radius 3 is 0.510 bits per heavy atom. The van der Waals surface area contributed by atoms with Crippen LogP contribution < -0.4 is 29.4 Å². The summed E-state index contributed by atoms with van der Waals surface area (Å²) in [4.78, 5) is 9.42. The molecule has 51 heavy (non-hydrogen) atoms. The van der Waals surface area contributed by atoms with E-state index in [0.29, 0.717) is 0 Å². The maximum Gasteiger partial charge on any atom is 0.131 e. The van der Waals surface area contributed by atoms with Crippen LogP contribution in [0, 0.1) is 0 Å². The molecule has 3 aromatic carbocycles. The lowest BCUT2D eigenvalue weighted by Gasteiger charge is -2.13. The lowest BCUT2D eigenvalue weighted by atomic mass is 10.3. The van der Waals surface area contributed by atoms with Crippen molar-refractivity contribution in [1.82, 2.24) is 0 Å². The van der Waals surface area contributed by atoms with Crippen LogP contribution in [0.4, 0.5) is 17.1 Å². The van der Waals surface area contributed by atoms with Gasteiger partial charge < -0.3 is 29.4 Å². The predicted molar refractivity (Wildman–Crippen MR) is 228 cm³/mol. The van der Waals surface area contributed by atoms with E-state index >= 15 is 0 Å². The van der Waals surface area contributed by atoms with Crippen LogP contribution in [0.25, 0.3) is 0 Å². The first-order chi connectivity index (χ1) is 24.6. The highest BCUT2D eigenvalue weighted by molar-refractivity contribution is 5.29.